The van der Waals surface area contributed by atoms with E-state index in [2.05, 4.69) is 10.1 Å². The Morgan fingerprint density at radius 1 is 1.11 bits per heavy atom. The standard InChI is InChI=1S/C18H11F3N4O2S/c1-10-2-7-13-15(8-10)28-17(22-13)24-16(18(19,20)21)9-14(23-24)11-3-5-12(6-4-11)25(26)27/h2-9H,1H3. The highest BCUT2D eigenvalue weighted by Crippen LogP contribution is 2.36. The molecule has 10 heteroatoms. The average Bonchev–Trinajstić information content (AvgIpc) is 3.25. The minimum absolute atomic E-state index is 0.0534. The van der Waals surface area contributed by atoms with Gasteiger partial charge in [-0.2, -0.15) is 18.3 Å². The summed E-state index contributed by atoms with van der Waals surface area (Å²) in [6, 6.07) is 11.5. The van der Waals surface area contributed by atoms with Gasteiger partial charge < -0.3 is 0 Å². The van der Waals surface area contributed by atoms with Crippen molar-refractivity contribution in [2.45, 2.75) is 13.1 Å². The maximum Gasteiger partial charge on any atom is 0.433 e. The van der Waals surface area contributed by atoms with Gasteiger partial charge in [0.1, 0.15) is 0 Å². The number of nitro benzene ring substituents is 1. The molecule has 0 unspecified atom stereocenters. The minimum atomic E-state index is -4.64. The summed E-state index contributed by atoms with van der Waals surface area (Å²) in [6.45, 7) is 1.89. The summed E-state index contributed by atoms with van der Waals surface area (Å²) in [5.41, 5.74) is 0.846. The molecule has 0 aliphatic heterocycles. The Kier molecular flexibility index (Phi) is 4.15. The summed E-state index contributed by atoms with van der Waals surface area (Å²) in [6.07, 6.45) is -4.64. The van der Waals surface area contributed by atoms with Crippen LogP contribution in [0.3, 0.4) is 0 Å². The Bertz CT molecular complexity index is 1200. The molecule has 142 valence electrons. The van der Waals surface area contributed by atoms with Gasteiger partial charge in [-0.25, -0.2) is 9.67 Å². The van der Waals surface area contributed by atoms with E-state index in [9.17, 15) is 23.3 Å². The van der Waals surface area contributed by atoms with Gasteiger partial charge in [-0.1, -0.05) is 17.4 Å². The lowest BCUT2D eigenvalue weighted by Gasteiger charge is -2.06. The van der Waals surface area contributed by atoms with Crippen LogP contribution in [-0.4, -0.2) is 19.7 Å². The van der Waals surface area contributed by atoms with Gasteiger partial charge in [-0.05, 0) is 42.8 Å². The summed E-state index contributed by atoms with van der Waals surface area (Å²) in [7, 11) is 0. The number of non-ortho nitro benzene ring substituents is 1. The first kappa shape index (κ1) is 18.1. The number of nitrogens with zero attached hydrogens (tertiary/aromatic N) is 4. The normalized spacial score (nSPS) is 11.9. The Hall–Kier alpha value is -3.27. The molecular formula is C18H11F3N4O2S. The number of thiazole rings is 1. The van der Waals surface area contributed by atoms with Crippen LogP contribution in [0.25, 0.3) is 26.6 Å². The van der Waals surface area contributed by atoms with Crippen molar-refractivity contribution in [1.29, 1.82) is 0 Å². The number of halogens is 3. The zero-order chi connectivity index (χ0) is 20.1. The highest BCUT2D eigenvalue weighted by atomic mass is 32.1. The molecule has 0 saturated heterocycles. The second-order valence-electron chi connectivity index (χ2n) is 6.10. The van der Waals surface area contributed by atoms with E-state index in [1.54, 1.807) is 6.07 Å². The molecule has 0 N–H and O–H groups in total. The van der Waals surface area contributed by atoms with Gasteiger partial charge in [-0.15, -0.1) is 0 Å². The monoisotopic (exact) mass is 404 g/mol. The fourth-order valence-electron chi connectivity index (χ4n) is 2.73. The minimum Gasteiger partial charge on any atom is -0.258 e. The molecule has 0 aliphatic rings. The molecule has 0 fully saturated rings. The quantitative estimate of drug-likeness (QED) is 0.339. The molecule has 2 heterocycles. The summed E-state index contributed by atoms with van der Waals surface area (Å²) < 4.78 is 42.3. The number of hydrogen-bond acceptors (Lipinski definition) is 5. The van der Waals surface area contributed by atoms with Crippen molar-refractivity contribution in [2.75, 3.05) is 0 Å². The van der Waals surface area contributed by atoms with Gasteiger partial charge in [0.05, 0.1) is 20.8 Å². The van der Waals surface area contributed by atoms with E-state index >= 15 is 0 Å². The van der Waals surface area contributed by atoms with E-state index in [-0.39, 0.29) is 16.5 Å². The van der Waals surface area contributed by atoms with Crippen LogP contribution in [-0.2, 0) is 6.18 Å². The highest BCUT2D eigenvalue weighted by Gasteiger charge is 2.37. The van der Waals surface area contributed by atoms with Crippen LogP contribution >= 0.6 is 11.3 Å². The number of alkyl halides is 3. The number of fused-ring (bicyclic) bond motifs is 1. The number of hydrogen-bond donors (Lipinski definition) is 0. The van der Waals surface area contributed by atoms with Crippen LogP contribution < -0.4 is 0 Å². The summed E-state index contributed by atoms with van der Waals surface area (Å²) in [5, 5.41) is 14.9. The maximum atomic E-state index is 13.6. The molecule has 4 aromatic rings. The van der Waals surface area contributed by atoms with E-state index in [1.807, 2.05) is 19.1 Å². The number of nitro groups is 1. The van der Waals surface area contributed by atoms with Gasteiger partial charge in [0.25, 0.3) is 5.69 Å². The molecule has 0 radical (unpaired) electrons. The maximum absolute atomic E-state index is 13.6. The fourth-order valence-corrected chi connectivity index (χ4v) is 3.76. The van der Waals surface area contributed by atoms with Crippen LogP contribution in [0.2, 0.25) is 0 Å². The Morgan fingerprint density at radius 2 is 1.82 bits per heavy atom. The number of aryl methyl sites for hydroxylation is 1. The highest BCUT2D eigenvalue weighted by molar-refractivity contribution is 7.20. The van der Waals surface area contributed by atoms with Gasteiger partial charge >= 0.3 is 6.18 Å². The first-order chi connectivity index (χ1) is 13.2. The van der Waals surface area contributed by atoms with E-state index in [4.69, 9.17) is 0 Å². The van der Waals surface area contributed by atoms with Crippen molar-refractivity contribution in [2.24, 2.45) is 0 Å². The van der Waals surface area contributed by atoms with Crippen molar-refractivity contribution in [3.63, 3.8) is 0 Å². The number of rotatable bonds is 3. The smallest absolute Gasteiger partial charge is 0.258 e. The molecule has 2 aromatic heterocycles. The van der Waals surface area contributed by atoms with Gasteiger partial charge in [-0.3, -0.25) is 10.1 Å². The fraction of sp³-hybridized carbons (Fsp3) is 0.111. The third kappa shape index (κ3) is 3.22. The van der Waals surface area contributed by atoms with E-state index < -0.39 is 16.8 Å². The predicted octanol–water partition coefficient (Wildman–Crippen LogP) is 5.38. The van der Waals surface area contributed by atoms with Crippen molar-refractivity contribution < 1.29 is 18.1 Å². The molecule has 0 atom stereocenters. The predicted molar refractivity (Wildman–Crippen MR) is 98.6 cm³/mol. The molecule has 0 bridgehead atoms. The van der Waals surface area contributed by atoms with Gasteiger partial charge in [0.2, 0.25) is 5.13 Å². The molecule has 0 saturated carbocycles. The Balaban J connectivity index is 1.85. The third-order valence-electron chi connectivity index (χ3n) is 4.09. The molecule has 0 spiro atoms. The van der Waals surface area contributed by atoms with Gasteiger partial charge in [0, 0.05) is 17.7 Å². The van der Waals surface area contributed by atoms with Crippen LogP contribution in [0.1, 0.15) is 11.3 Å². The molecular weight excluding hydrogens is 393 g/mol. The lowest BCUT2D eigenvalue weighted by Crippen LogP contribution is -2.12. The zero-order valence-corrected chi connectivity index (χ0v) is 15.1. The molecule has 2 aromatic carbocycles. The molecule has 28 heavy (non-hydrogen) atoms. The zero-order valence-electron chi connectivity index (χ0n) is 14.3. The summed E-state index contributed by atoms with van der Waals surface area (Å²) >= 11 is 1.11. The molecule has 6 nitrogen and oxygen atoms in total. The van der Waals surface area contributed by atoms with Crippen molar-refractivity contribution in [3.05, 3.63) is 69.9 Å². The van der Waals surface area contributed by atoms with Crippen molar-refractivity contribution in [3.8, 4) is 16.4 Å². The van der Waals surface area contributed by atoms with Gasteiger partial charge in [0.15, 0.2) is 5.69 Å². The summed E-state index contributed by atoms with van der Waals surface area (Å²) in [5.74, 6) is 0. The largest absolute Gasteiger partial charge is 0.433 e. The third-order valence-corrected chi connectivity index (χ3v) is 5.08. The number of aromatic nitrogens is 3. The van der Waals surface area contributed by atoms with Crippen molar-refractivity contribution in [1.82, 2.24) is 14.8 Å². The topological polar surface area (TPSA) is 73.8 Å². The molecule has 0 amide bonds. The van der Waals surface area contributed by atoms with Crippen LogP contribution in [0, 0.1) is 17.0 Å². The Morgan fingerprint density at radius 3 is 2.46 bits per heavy atom. The second-order valence-corrected chi connectivity index (χ2v) is 7.11. The van der Waals surface area contributed by atoms with Crippen LogP contribution in [0.4, 0.5) is 18.9 Å². The van der Waals surface area contributed by atoms with E-state index in [1.165, 1.54) is 24.3 Å². The summed E-state index contributed by atoms with van der Waals surface area (Å²) in [4.78, 5) is 14.5. The van der Waals surface area contributed by atoms with E-state index in [0.717, 1.165) is 32.3 Å². The number of benzene rings is 2. The first-order valence-electron chi connectivity index (χ1n) is 8.02. The molecule has 4 rings (SSSR count). The van der Waals surface area contributed by atoms with E-state index in [0.29, 0.717) is 11.1 Å². The van der Waals surface area contributed by atoms with Crippen LogP contribution in [0.5, 0.6) is 0 Å². The first-order valence-corrected chi connectivity index (χ1v) is 8.84. The molecule has 0 aliphatic carbocycles. The second kappa shape index (κ2) is 6.41. The van der Waals surface area contributed by atoms with Crippen LogP contribution in [0.15, 0.2) is 48.5 Å². The SMILES string of the molecule is Cc1ccc2nc(-n3nc(-c4ccc([N+](=O)[O-])cc4)cc3C(F)(F)F)sc2c1. The van der Waals surface area contributed by atoms with Crippen molar-refractivity contribution >= 4 is 27.2 Å². The Labute approximate surface area is 160 Å². The average molecular weight is 404 g/mol. The lowest BCUT2D eigenvalue weighted by molar-refractivity contribution is -0.384. The lowest BCUT2D eigenvalue weighted by atomic mass is 10.1.